The minimum atomic E-state index is -4.17. The molecule has 2 rings (SSSR count). The number of halogens is 3. The second kappa shape index (κ2) is 5.74. The quantitative estimate of drug-likeness (QED) is 0.941. The molecule has 2 aromatic rings. The summed E-state index contributed by atoms with van der Waals surface area (Å²) in [5.41, 5.74) is 0.276. The van der Waals surface area contributed by atoms with Gasteiger partial charge in [-0.15, -0.1) is 0 Å². The predicted octanol–water partition coefficient (Wildman–Crippen LogP) is 2.33. The third kappa shape index (κ3) is 3.73. The van der Waals surface area contributed by atoms with E-state index in [0.29, 0.717) is 0 Å². The lowest BCUT2D eigenvalue weighted by atomic mass is 10.2. The second-order valence-corrected chi connectivity index (χ2v) is 5.70. The van der Waals surface area contributed by atoms with E-state index in [0.717, 1.165) is 30.3 Å². The summed E-state index contributed by atoms with van der Waals surface area (Å²) in [7, 11) is -4.17. The maximum absolute atomic E-state index is 13.1. The van der Waals surface area contributed by atoms with Crippen molar-refractivity contribution in [1.82, 2.24) is 0 Å². The first-order valence-electron chi connectivity index (χ1n) is 5.66. The zero-order valence-electron chi connectivity index (χ0n) is 10.5. The molecule has 0 unspecified atom stereocenters. The minimum absolute atomic E-state index is 0.177. The third-order valence-corrected chi connectivity index (χ3v) is 3.52. The maximum atomic E-state index is 13.1. The first kappa shape index (κ1) is 15.3. The third-order valence-electron chi connectivity index (χ3n) is 2.59. The minimum Gasteiger partial charge on any atom is -0.487 e. The normalized spacial score (nSPS) is 11.4. The lowest BCUT2D eigenvalue weighted by molar-refractivity contribution is 0.296. The average Bonchev–Trinajstić information content (AvgIpc) is 2.40. The van der Waals surface area contributed by atoms with Crippen LogP contribution in [0, 0.1) is 17.5 Å². The van der Waals surface area contributed by atoms with Crippen molar-refractivity contribution in [2.75, 3.05) is 0 Å². The van der Waals surface area contributed by atoms with Crippen LogP contribution >= 0.6 is 0 Å². The summed E-state index contributed by atoms with van der Waals surface area (Å²) in [5.74, 6) is -3.03. The van der Waals surface area contributed by atoms with E-state index in [2.05, 4.69) is 0 Å². The molecule has 8 heteroatoms. The van der Waals surface area contributed by atoms with Crippen LogP contribution in [0.4, 0.5) is 13.2 Å². The molecule has 0 aliphatic carbocycles. The van der Waals surface area contributed by atoms with Gasteiger partial charge in [0.25, 0.3) is 0 Å². The summed E-state index contributed by atoms with van der Waals surface area (Å²) in [6.45, 7) is -0.231. The van der Waals surface area contributed by atoms with Crippen LogP contribution in [-0.4, -0.2) is 8.42 Å². The molecular weight excluding hydrogens is 307 g/mol. The van der Waals surface area contributed by atoms with Crippen LogP contribution < -0.4 is 9.88 Å². The van der Waals surface area contributed by atoms with E-state index in [1.54, 1.807) is 0 Å². The topological polar surface area (TPSA) is 69.4 Å². The highest BCUT2D eigenvalue weighted by molar-refractivity contribution is 7.89. The lowest BCUT2D eigenvalue weighted by Crippen LogP contribution is -2.14. The number of hydrogen-bond acceptors (Lipinski definition) is 3. The fourth-order valence-electron chi connectivity index (χ4n) is 1.61. The van der Waals surface area contributed by atoms with Crippen molar-refractivity contribution < 1.29 is 26.3 Å². The molecule has 0 radical (unpaired) electrons. The van der Waals surface area contributed by atoms with E-state index in [4.69, 9.17) is 9.88 Å². The molecule has 2 aromatic carbocycles. The smallest absolute Gasteiger partial charge is 0.241 e. The number of hydrogen-bond donors (Lipinski definition) is 1. The molecule has 4 nitrogen and oxygen atoms in total. The summed E-state index contributed by atoms with van der Waals surface area (Å²) in [4.78, 5) is -0.523. The van der Waals surface area contributed by atoms with Gasteiger partial charge in [-0.2, -0.15) is 0 Å². The number of sulfonamides is 1. The number of rotatable bonds is 4. The second-order valence-electron chi connectivity index (χ2n) is 4.17. The van der Waals surface area contributed by atoms with Crippen LogP contribution in [0.5, 0.6) is 5.75 Å². The van der Waals surface area contributed by atoms with Gasteiger partial charge in [0.05, 0.1) is 0 Å². The molecule has 112 valence electrons. The number of primary sulfonamides is 1. The standard InChI is InChI=1S/C13H10F3NO3S/c14-9-2-4-12(13(6-9)21(17,18)19)20-7-8-1-3-10(15)11(16)5-8/h1-6H,7H2,(H2,17,18,19). The molecule has 0 aliphatic rings. The molecular formula is C13H10F3NO3S. The van der Waals surface area contributed by atoms with Crippen molar-refractivity contribution in [3.63, 3.8) is 0 Å². The molecule has 0 bridgehead atoms. The first-order chi connectivity index (χ1) is 9.77. The maximum Gasteiger partial charge on any atom is 0.241 e. The summed E-state index contributed by atoms with van der Waals surface area (Å²) >= 11 is 0. The Labute approximate surface area is 119 Å². The van der Waals surface area contributed by atoms with Crippen molar-refractivity contribution in [3.8, 4) is 5.75 Å². The Morgan fingerprint density at radius 2 is 1.71 bits per heavy atom. The van der Waals surface area contributed by atoms with E-state index in [1.807, 2.05) is 0 Å². The Morgan fingerprint density at radius 3 is 2.33 bits per heavy atom. The van der Waals surface area contributed by atoms with Gasteiger partial charge < -0.3 is 4.74 Å². The van der Waals surface area contributed by atoms with Gasteiger partial charge in [0.15, 0.2) is 11.6 Å². The fraction of sp³-hybridized carbons (Fsp3) is 0.0769. The Hall–Kier alpha value is -2.06. The van der Waals surface area contributed by atoms with Crippen LogP contribution in [0.3, 0.4) is 0 Å². The van der Waals surface area contributed by atoms with Gasteiger partial charge in [-0.3, -0.25) is 0 Å². The average molecular weight is 317 g/mol. The van der Waals surface area contributed by atoms with Gasteiger partial charge in [-0.1, -0.05) is 6.07 Å². The Kier molecular flexibility index (Phi) is 4.19. The SMILES string of the molecule is NS(=O)(=O)c1cc(F)ccc1OCc1ccc(F)c(F)c1. The van der Waals surface area contributed by atoms with Crippen molar-refractivity contribution in [3.05, 3.63) is 59.4 Å². The molecule has 0 amide bonds. The molecule has 0 aliphatic heterocycles. The van der Waals surface area contributed by atoms with Crippen LogP contribution in [0.1, 0.15) is 5.56 Å². The predicted molar refractivity (Wildman–Crippen MR) is 68.5 cm³/mol. The Balaban J connectivity index is 2.26. The highest BCUT2D eigenvalue weighted by atomic mass is 32.2. The van der Waals surface area contributed by atoms with E-state index in [9.17, 15) is 21.6 Å². The molecule has 0 spiro atoms. The molecule has 21 heavy (non-hydrogen) atoms. The Bertz CT molecular complexity index is 778. The molecule has 0 fully saturated rings. The zero-order valence-corrected chi connectivity index (χ0v) is 11.3. The summed E-state index contributed by atoms with van der Waals surface area (Å²) < 4.78 is 66.7. The molecule has 0 atom stereocenters. The number of benzene rings is 2. The highest BCUT2D eigenvalue weighted by Gasteiger charge is 2.16. The van der Waals surface area contributed by atoms with Gasteiger partial charge in [0, 0.05) is 0 Å². The van der Waals surface area contributed by atoms with E-state index in [-0.39, 0.29) is 17.9 Å². The first-order valence-corrected chi connectivity index (χ1v) is 7.21. The van der Waals surface area contributed by atoms with Crippen molar-refractivity contribution in [1.29, 1.82) is 0 Å². The van der Waals surface area contributed by atoms with Crippen molar-refractivity contribution in [2.45, 2.75) is 11.5 Å². The zero-order chi connectivity index (χ0) is 15.6. The monoisotopic (exact) mass is 317 g/mol. The van der Waals surface area contributed by atoms with Gasteiger partial charge in [0.1, 0.15) is 23.1 Å². The summed E-state index contributed by atoms with van der Waals surface area (Å²) in [6.07, 6.45) is 0. The number of nitrogens with two attached hydrogens (primary N) is 1. The Morgan fingerprint density at radius 1 is 1.00 bits per heavy atom. The van der Waals surface area contributed by atoms with E-state index in [1.165, 1.54) is 6.07 Å². The molecule has 0 heterocycles. The number of ether oxygens (including phenoxy) is 1. The van der Waals surface area contributed by atoms with Gasteiger partial charge in [-0.25, -0.2) is 26.7 Å². The lowest BCUT2D eigenvalue weighted by Gasteiger charge is -2.10. The van der Waals surface area contributed by atoms with Crippen LogP contribution in [-0.2, 0) is 16.6 Å². The summed E-state index contributed by atoms with van der Waals surface area (Å²) in [6, 6.07) is 5.91. The highest BCUT2D eigenvalue weighted by Crippen LogP contribution is 2.24. The molecule has 2 N–H and O–H groups in total. The van der Waals surface area contributed by atoms with E-state index >= 15 is 0 Å². The van der Waals surface area contributed by atoms with Gasteiger partial charge in [-0.05, 0) is 35.9 Å². The molecule has 0 saturated heterocycles. The van der Waals surface area contributed by atoms with Gasteiger partial charge >= 0.3 is 0 Å². The van der Waals surface area contributed by atoms with Crippen LogP contribution in [0.2, 0.25) is 0 Å². The molecule has 0 saturated carbocycles. The van der Waals surface area contributed by atoms with Crippen molar-refractivity contribution >= 4 is 10.0 Å². The summed E-state index contributed by atoms with van der Waals surface area (Å²) in [5, 5.41) is 4.96. The van der Waals surface area contributed by atoms with Crippen LogP contribution in [0.25, 0.3) is 0 Å². The van der Waals surface area contributed by atoms with E-state index < -0.39 is 32.4 Å². The largest absolute Gasteiger partial charge is 0.487 e. The molecule has 0 aromatic heterocycles. The van der Waals surface area contributed by atoms with Crippen molar-refractivity contribution in [2.24, 2.45) is 5.14 Å². The fourth-order valence-corrected chi connectivity index (χ4v) is 2.30. The van der Waals surface area contributed by atoms with Gasteiger partial charge in [0.2, 0.25) is 10.0 Å². The van der Waals surface area contributed by atoms with Crippen LogP contribution in [0.15, 0.2) is 41.3 Å².